The van der Waals surface area contributed by atoms with Crippen molar-refractivity contribution in [3.8, 4) is 5.75 Å². The van der Waals surface area contributed by atoms with Crippen molar-refractivity contribution in [2.24, 2.45) is 0 Å². The van der Waals surface area contributed by atoms with Crippen molar-refractivity contribution in [2.75, 3.05) is 25.1 Å². The fraction of sp³-hybridized carbons (Fsp3) is 0.409. The number of amides is 1. The van der Waals surface area contributed by atoms with Crippen LogP contribution in [0.4, 0.5) is 5.69 Å². The van der Waals surface area contributed by atoms with Crippen molar-refractivity contribution in [1.29, 1.82) is 0 Å². The third-order valence-electron chi connectivity index (χ3n) is 5.07. The molecular weight excluding hydrogens is 362 g/mol. The summed E-state index contributed by atoms with van der Waals surface area (Å²) in [5, 5.41) is 3.77. The third kappa shape index (κ3) is 4.45. The normalized spacial score (nSPS) is 16.0. The van der Waals surface area contributed by atoms with E-state index in [2.05, 4.69) is 12.2 Å². The Bertz CT molecular complexity index is 783. The second-order valence-electron chi connectivity index (χ2n) is 6.98. The number of carbonyl (C=O) groups excluding carboxylic acids is 1. The van der Waals surface area contributed by atoms with Gasteiger partial charge in [0, 0.05) is 23.9 Å². The minimum atomic E-state index is -0.603. The Labute approximate surface area is 165 Å². The number of benzene rings is 2. The number of hydrogen-bond donors (Lipinski definition) is 1. The summed E-state index contributed by atoms with van der Waals surface area (Å²) in [4.78, 5) is 13.3. The number of aryl methyl sites for hydroxylation is 1. The molecule has 0 aliphatic carbocycles. The third-order valence-corrected chi connectivity index (χ3v) is 5.32. The van der Waals surface area contributed by atoms with Gasteiger partial charge < -0.3 is 14.8 Å². The number of rotatable bonds is 6. The molecule has 1 aliphatic rings. The quantitative estimate of drug-likeness (QED) is 0.747. The molecule has 1 heterocycles. The molecule has 0 saturated carbocycles. The van der Waals surface area contributed by atoms with Crippen molar-refractivity contribution >= 4 is 23.2 Å². The topological polar surface area (TPSA) is 47.6 Å². The molecular formula is C22H26ClNO3. The Hall–Kier alpha value is -2.04. The molecule has 0 spiro atoms. The van der Waals surface area contributed by atoms with Gasteiger partial charge in [-0.3, -0.25) is 4.79 Å². The first-order valence-corrected chi connectivity index (χ1v) is 9.81. The SMILES string of the molecule is CCCOc1ccc(NC(=O)C2(c3ccc(Cl)cc3)CCOCC2)cc1C. The van der Waals surface area contributed by atoms with E-state index in [-0.39, 0.29) is 5.91 Å². The van der Waals surface area contributed by atoms with Crippen molar-refractivity contribution in [1.82, 2.24) is 0 Å². The van der Waals surface area contributed by atoms with E-state index >= 15 is 0 Å². The average molecular weight is 388 g/mol. The molecule has 27 heavy (non-hydrogen) atoms. The van der Waals surface area contributed by atoms with Gasteiger partial charge in [-0.15, -0.1) is 0 Å². The Kier molecular flexibility index (Phi) is 6.40. The van der Waals surface area contributed by atoms with E-state index in [0.717, 1.165) is 29.0 Å². The number of carbonyl (C=O) groups is 1. The molecule has 0 bridgehead atoms. The lowest BCUT2D eigenvalue weighted by Crippen LogP contribution is -2.44. The summed E-state index contributed by atoms with van der Waals surface area (Å²) < 4.78 is 11.2. The van der Waals surface area contributed by atoms with E-state index in [4.69, 9.17) is 21.1 Å². The van der Waals surface area contributed by atoms with E-state index in [1.54, 1.807) is 0 Å². The Morgan fingerprint density at radius 3 is 2.52 bits per heavy atom. The maximum absolute atomic E-state index is 13.3. The van der Waals surface area contributed by atoms with Gasteiger partial charge in [0.1, 0.15) is 5.75 Å². The summed E-state index contributed by atoms with van der Waals surface area (Å²) in [6.07, 6.45) is 2.26. The lowest BCUT2D eigenvalue weighted by atomic mass is 9.73. The first-order chi connectivity index (χ1) is 13.0. The number of halogens is 1. The van der Waals surface area contributed by atoms with Gasteiger partial charge in [0.15, 0.2) is 0 Å². The van der Waals surface area contributed by atoms with Crippen molar-refractivity contribution in [2.45, 2.75) is 38.5 Å². The highest BCUT2D eigenvalue weighted by atomic mass is 35.5. The molecule has 1 saturated heterocycles. The van der Waals surface area contributed by atoms with Crippen LogP contribution in [-0.2, 0) is 14.9 Å². The largest absolute Gasteiger partial charge is 0.493 e. The highest BCUT2D eigenvalue weighted by Crippen LogP contribution is 2.37. The zero-order chi connectivity index (χ0) is 19.3. The van der Waals surface area contributed by atoms with E-state index in [0.29, 0.717) is 37.7 Å². The van der Waals surface area contributed by atoms with Gasteiger partial charge in [0.05, 0.1) is 12.0 Å². The van der Waals surface area contributed by atoms with E-state index in [9.17, 15) is 4.79 Å². The molecule has 2 aromatic rings. The van der Waals surface area contributed by atoms with Crippen molar-refractivity contribution in [3.63, 3.8) is 0 Å². The van der Waals surface area contributed by atoms with E-state index in [1.807, 2.05) is 49.4 Å². The van der Waals surface area contributed by atoms with Crippen LogP contribution in [-0.4, -0.2) is 25.7 Å². The first kappa shape index (κ1) is 19.7. The predicted octanol–water partition coefficient (Wildman–Crippen LogP) is 5.12. The average Bonchev–Trinajstić information content (AvgIpc) is 2.68. The number of ether oxygens (including phenoxy) is 2. The lowest BCUT2D eigenvalue weighted by Gasteiger charge is -2.36. The van der Waals surface area contributed by atoms with Gasteiger partial charge in [-0.25, -0.2) is 0 Å². The monoisotopic (exact) mass is 387 g/mol. The van der Waals surface area contributed by atoms with Gasteiger partial charge in [0.25, 0.3) is 0 Å². The molecule has 1 N–H and O–H groups in total. The van der Waals surface area contributed by atoms with E-state index in [1.165, 1.54) is 0 Å². The lowest BCUT2D eigenvalue weighted by molar-refractivity contribution is -0.125. The van der Waals surface area contributed by atoms with Crippen LogP contribution in [0.15, 0.2) is 42.5 Å². The summed E-state index contributed by atoms with van der Waals surface area (Å²) in [6.45, 7) is 5.89. The highest BCUT2D eigenvalue weighted by molar-refractivity contribution is 6.30. The smallest absolute Gasteiger partial charge is 0.235 e. The highest BCUT2D eigenvalue weighted by Gasteiger charge is 2.41. The molecule has 0 unspecified atom stereocenters. The summed E-state index contributed by atoms with van der Waals surface area (Å²) in [5.41, 5.74) is 2.16. The fourth-order valence-corrected chi connectivity index (χ4v) is 3.61. The molecule has 1 aliphatic heterocycles. The molecule has 0 atom stereocenters. The molecule has 1 amide bonds. The summed E-state index contributed by atoms with van der Waals surface area (Å²) in [6, 6.07) is 13.3. The molecule has 144 valence electrons. The molecule has 2 aromatic carbocycles. The zero-order valence-electron chi connectivity index (χ0n) is 15.9. The molecule has 0 radical (unpaired) electrons. The molecule has 1 fully saturated rings. The minimum absolute atomic E-state index is 0.00486. The zero-order valence-corrected chi connectivity index (χ0v) is 16.6. The van der Waals surface area contributed by atoms with Crippen LogP contribution >= 0.6 is 11.6 Å². The Morgan fingerprint density at radius 2 is 1.89 bits per heavy atom. The van der Waals surface area contributed by atoms with Gasteiger partial charge in [0.2, 0.25) is 5.91 Å². The predicted molar refractivity (Wildman–Crippen MR) is 109 cm³/mol. The van der Waals surface area contributed by atoms with Crippen LogP contribution in [0.5, 0.6) is 5.75 Å². The van der Waals surface area contributed by atoms with Gasteiger partial charge in [-0.05, 0) is 67.6 Å². The van der Waals surface area contributed by atoms with Crippen LogP contribution < -0.4 is 10.1 Å². The van der Waals surface area contributed by atoms with Crippen LogP contribution in [0.3, 0.4) is 0 Å². The van der Waals surface area contributed by atoms with Gasteiger partial charge >= 0.3 is 0 Å². The van der Waals surface area contributed by atoms with E-state index < -0.39 is 5.41 Å². The maximum atomic E-state index is 13.3. The van der Waals surface area contributed by atoms with Crippen molar-refractivity contribution < 1.29 is 14.3 Å². The molecule has 4 nitrogen and oxygen atoms in total. The molecule has 0 aromatic heterocycles. The fourth-order valence-electron chi connectivity index (χ4n) is 3.49. The number of anilines is 1. The van der Waals surface area contributed by atoms with Crippen LogP contribution in [0.25, 0.3) is 0 Å². The van der Waals surface area contributed by atoms with Crippen molar-refractivity contribution in [3.05, 3.63) is 58.6 Å². The van der Waals surface area contributed by atoms with Gasteiger partial charge in [-0.1, -0.05) is 30.7 Å². The summed E-state index contributed by atoms with van der Waals surface area (Å²) >= 11 is 6.04. The second kappa shape index (κ2) is 8.77. The minimum Gasteiger partial charge on any atom is -0.493 e. The number of hydrogen-bond acceptors (Lipinski definition) is 3. The Balaban J connectivity index is 1.83. The Morgan fingerprint density at radius 1 is 1.19 bits per heavy atom. The van der Waals surface area contributed by atoms with Crippen LogP contribution in [0.1, 0.15) is 37.3 Å². The summed E-state index contributed by atoms with van der Waals surface area (Å²) in [5.74, 6) is 0.850. The number of nitrogens with one attached hydrogen (secondary N) is 1. The maximum Gasteiger partial charge on any atom is 0.235 e. The first-order valence-electron chi connectivity index (χ1n) is 9.44. The summed E-state index contributed by atoms with van der Waals surface area (Å²) in [7, 11) is 0. The van der Waals surface area contributed by atoms with Crippen LogP contribution in [0, 0.1) is 6.92 Å². The standard InChI is InChI=1S/C22H26ClNO3/c1-3-12-27-20-9-8-19(15-16(20)2)24-21(25)22(10-13-26-14-11-22)17-4-6-18(23)7-5-17/h4-9,15H,3,10-14H2,1-2H3,(H,24,25). The molecule has 3 rings (SSSR count). The van der Waals surface area contributed by atoms with Crippen LogP contribution in [0.2, 0.25) is 5.02 Å². The van der Waals surface area contributed by atoms with Gasteiger partial charge in [-0.2, -0.15) is 0 Å². The molecule has 5 heteroatoms. The second-order valence-corrected chi connectivity index (χ2v) is 7.42.